The van der Waals surface area contributed by atoms with Crippen LogP contribution in [0.15, 0.2) is 24.3 Å². The van der Waals surface area contributed by atoms with Crippen molar-refractivity contribution >= 4 is 9.84 Å². The maximum absolute atomic E-state index is 12.1. The standard InChI is InChI=1S/C15H25NO2S/c1-4-6-11-19(17,18)12-15(16-5-2)14-10-8-7-9-13(14)3/h7-10,15-16H,4-6,11-12H2,1-3H3. The van der Waals surface area contributed by atoms with Crippen molar-refractivity contribution in [3.8, 4) is 0 Å². The SMILES string of the molecule is CCCCS(=O)(=O)CC(NCC)c1ccccc1C. The van der Waals surface area contributed by atoms with Crippen LogP contribution >= 0.6 is 0 Å². The Morgan fingerprint density at radius 1 is 1.21 bits per heavy atom. The van der Waals surface area contributed by atoms with E-state index in [9.17, 15) is 8.42 Å². The van der Waals surface area contributed by atoms with Crippen LogP contribution in [-0.2, 0) is 9.84 Å². The monoisotopic (exact) mass is 283 g/mol. The maximum Gasteiger partial charge on any atom is 0.152 e. The summed E-state index contributed by atoms with van der Waals surface area (Å²) < 4.78 is 24.2. The second-order valence-electron chi connectivity index (χ2n) is 4.93. The first kappa shape index (κ1) is 16.2. The summed E-state index contributed by atoms with van der Waals surface area (Å²) in [6.45, 7) is 6.81. The van der Waals surface area contributed by atoms with Crippen molar-refractivity contribution in [3.05, 3.63) is 35.4 Å². The highest BCUT2D eigenvalue weighted by Crippen LogP contribution is 2.19. The molecule has 4 heteroatoms. The van der Waals surface area contributed by atoms with Crippen LogP contribution in [0.2, 0.25) is 0 Å². The quantitative estimate of drug-likeness (QED) is 0.798. The normalized spacial score (nSPS) is 13.4. The second-order valence-corrected chi connectivity index (χ2v) is 7.16. The highest BCUT2D eigenvalue weighted by atomic mass is 32.2. The van der Waals surface area contributed by atoms with Crippen LogP contribution in [-0.4, -0.2) is 26.5 Å². The Morgan fingerprint density at radius 3 is 2.47 bits per heavy atom. The van der Waals surface area contributed by atoms with E-state index in [4.69, 9.17) is 0 Å². The minimum atomic E-state index is -2.99. The largest absolute Gasteiger partial charge is 0.309 e. The molecule has 0 aliphatic carbocycles. The average Bonchev–Trinajstić information content (AvgIpc) is 2.36. The summed E-state index contributed by atoms with van der Waals surface area (Å²) in [6, 6.07) is 7.88. The van der Waals surface area contributed by atoms with Gasteiger partial charge >= 0.3 is 0 Å². The first-order valence-electron chi connectivity index (χ1n) is 6.99. The number of unbranched alkanes of at least 4 members (excludes halogenated alkanes) is 1. The van der Waals surface area contributed by atoms with E-state index in [2.05, 4.69) is 5.32 Å². The van der Waals surface area contributed by atoms with Crippen molar-refractivity contribution in [3.63, 3.8) is 0 Å². The molecule has 1 rings (SSSR count). The Balaban J connectivity index is 2.87. The number of nitrogens with one attached hydrogen (secondary N) is 1. The summed E-state index contributed by atoms with van der Waals surface area (Å²) in [5.41, 5.74) is 2.23. The lowest BCUT2D eigenvalue weighted by molar-refractivity contribution is 0.556. The van der Waals surface area contributed by atoms with Gasteiger partial charge in [0.2, 0.25) is 0 Å². The summed E-state index contributed by atoms with van der Waals surface area (Å²) in [7, 11) is -2.99. The van der Waals surface area contributed by atoms with Crippen LogP contribution in [0.25, 0.3) is 0 Å². The molecule has 0 aliphatic heterocycles. The summed E-state index contributed by atoms with van der Waals surface area (Å²) >= 11 is 0. The number of benzene rings is 1. The highest BCUT2D eigenvalue weighted by molar-refractivity contribution is 7.91. The van der Waals surface area contributed by atoms with Gasteiger partial charge in [0.1, 0.15) is 0 Å². The molecule has 3 nitrogen and oxygen atoms in total. The van der Waals surface area contributed by atoms with E-state index in [1.54, 1.807) is 0 Å². The molecule has 0 aliphatic rings. The number of hydrogen-bond acceptors (Lipinski definition) is 3. The lowest BCUT2D eigenvalue weighted by atomic mass is 10.0. The zero-order valence-corrected chi connectivity index (χ0v) is 13.0. The maximum atomic E-state index is 12.1. The van der Waals surface area contributed by atoms with Crippen LogP contribution in [0.4, 0.5) is 0 Å². The van der Waals surface area contributed by atoms with E-state index in [-0.39, 0.29) is 17.5 Å². The first-order valence-corrected chi connectivity index (χ1v) is 8.81. The highest BCUT2D eigenvalue weighted by Gasteiger charge is 2.20. The summed E-state index contributed by atoms with van der Waals surface area (Å²) in [6.07, 6.45) is 1.66. The Kier molecular flexibility index (Phi) is 6.52. The molecule has 0 fully saturated rings. The van der Waals surface area contributed by atoms with Gasteiger partial charge in [-0.2, -0.15) is 0 Å². The van der Waals surface area contributed by atoms with Crippen LogP contribution in [0.1, 0.15) is 43.9 Å². The fourth-order valence-corrected chi connectivity index (χ4v) is 3.88. The molecule has 1 aromatic rings. The summed E-state index contributed by atoms with van der Waals surface area (Å²) in [5, 5.41) is 3.29. The third-order valence-corrected chi connectivity index (χ3v) is 5.00. The van der Waals surface area contributed by atoms with Gasteiger partial charge in [-0.05, 0) is 31.0 Å². The molecule has 0 saturated carbocycles. The minimum absolute atomic E-state index is 0.104. The van der Waals surface area contributed by atoms with Crippen molar-refractivity contribution in [2.75, 3.05) is 18.1 Å². The van der Waals surface area contributed by atoms with E-state index < -0.39 is 9.84 Å². The molecule has 0 spiro atoms. The van der Waals surface area contributed by atoms with Gasteiger partial charge in [-0.15, -0.1) is 0 Å². The van der Waals surface area contributed by atoms with E-state index in [1.807, 2.05) is 45.0 Å². The smallest absolute Gasteiger partial charge is 0.152 e. The molecule has 0 saturated heterocycles. The van der Waals surface area contributed by atoms with Crippen molar-refractivity contribution in [2.45, 2.75) is 39.7 Å². The van der Waals surface area contributed by atoms with Crippen molar-refractivity contribution in [1.82, 2.24) is 5.32 Å². The Labute approximate surface area is 117 Å². The Morgan fingerprint density at radius 2 is 1.89 bits per heavy atom. The first-order chi connectivity index (χ1) is 9.00. The van der Waals surface area contributed by atoms with Gasteiger partial charge < -0.3 is 5.32 Å². The molecule has 1 unspecified atom stereocenters. The molecule has 19 heavy (non-hydrogen) atoms. The predicted molar refractivity (Wildman–Crippen MR) is 81.2 cm³/mol. The number of sulfone groups is 1. The fourth-order valence-electron chi connectivity index (χ4n) is 2.18. The predicted octanol–water partition coefficient (Wildman–Crippen LogP) is 2.86. The molecule has 0 amide bonds. The third-order valence-electron chi connectivity index (χ3n) is 3.24. The molecule has 1 N–H and O–H groups in total. The van der Waals surface area contributed by atoms with Crippen molar-refractivity contribution in [2.24, 2.45) is 0 Å². The van der Waals surface area contributed by atoms with E-state index >= 15 is 0 Å². The molecule has 1 aromatic carbocycles. The van der Waals surface area contributed by atoms with Crippen molar-refractivity contribution in [1.29, 1.82) is 0 Å². The zero-order chi connectivity index (χ0) is 14.3. The number of hydrogen-bond donors (Lipinski definition) is 1. The molecule has 0 radical (unpaired) electrons. The van der Waals surface area contributed by atoms with Crippen LogP contribution in [0, 0.1) is 6.92 Å². The topological polar surface area (TPSA) is 46.2 Å². The van der Waals surface area contributed by atoms with Gasteiger partial charge in [0.05, 0.1) is 11.5 Å². The molecule has 0 heterocycles. The molecule has 0 aromatic heterocycles. The summed E-state index contributed by atoms with van der Waals surface area (Å²) in [4.78, 5) is 0. The Hall–Kier alpha value is -0.870. The lowest BCUT2D eigenvalue weighted by Crippen LogP contribution is -2.29. The second kappa shape index (κ2) is 7.65. The van der Waals surface area contributed by atoms with Crippen LogP contribution in [0.5, 0.6) is 0 Å². The van der Waals surface area contributed by atoms with Gasteiger partial charge in [0, 0.05) is 6.04 Å². The van der Waals surface area contributed by atoms with Gasteiger partial charge in [0.25, 0.3) is 0 Å². The zero-order valence-electron chi connectivity index (χ0n) is 12.1. The van der Waals surface area contributed by atoms with Crippen LogP contribution in [0.3, 0.4) is 0 Å². The van der Waals surface area contributed by atoms with Gasteiger partial charge in [0.15, 0.2) is 9.84 Å². The Bertz CT molecular complexity index is 483. The average molecular weight is 283 g/mol. The number of aryl methyl sites for hydroxylation is 1. The molecule has 1 atom stereocenters. The molecule has 0 bridgehead atoms. The van der Waals surface area contributed by atoms with Gasteiger partial charge in [-0.3, -0.25) is 0 Å². The molecular weight excluding hydrogens is 258 g/mol. The lowest BCUT2D eigenvalue weighted by Gasteiger charge is -2.20. The third kappa shape index (κ3) is 5.33. The van der Waals surface area contributed by atoms with Crippen LogP contribution < -0.4 is 5.32 Å². The van der Waals surface area contributed by atoms with E-state index in [0.29, 0.717) is 0 Å². The van der Waals surface area contributed by atoms with Crippen molar-refractivity contribution < 1.29 is 8.42 Å². The van der Waals surface area contributed by atoms with E-state index in [1.165, 1.54) is 0 Å². The van der Waals surface area contributed by atoms with E-state index in [0.717, 1.165) is 30.5 Å². The molecule has 108 valence electrons. The minimum Gasteiger partial charge on any atom is -0.309 e. The number of rotatable bonds is 8. The molecular formula is C15H25NO2S. The summed E-state index contributed by atoms with van der Waals surface area (Å²) in [5.74, 6) is 0.475. The fraction of sp³-hybridized carbons (Fsp3) is 0.600. The van der Waals surface area contributed by atoms with Gasteiger partial charge in [-0.25, -0.2) is 8.42 Å². The van der Waals surface area contributed by atoms with Gasteiger partial charge in [-0.1, -0.05) is 44.5 Å².